The monoisotopic (exact) mass is 448 g/mol. The van der Waals surface area contributed by atoms with E-state index in [1.807, 2.05) is 0 Å². The lowest BCUT2D eigenvalue weighted by Gasteiger charge is -2.17. The van der Waals surface area contributed by atoms with E-state index < -0.39 is 29.2 Å². The summed E-state index contributed by atoms with van der Waals surface area (Å²) < 4.78 is 37.9. The molecule has 4 amide bonds. The van der Waals surface area contributed by atoms with Crippen LogP contribution in [0.25, 0.3) is 0 Å². The van der Waals surface area contributed by atoms with Gasteiger partial charge in [-0.15, -0.1) is 0 Å². The van der Waals surface area contributed by atoms with Crippen LogP contribution in [0.1, 0.15) is 31.2 Å². The zero-order valence-corrected chi connectivity index (χ0v) is 16.7. The van der Waals surface area contributed by atoms with Crippen molar-refractivity contribution in [1.82, 2.24) is 0 Å². The standard InChI is InChI=1S/C11H9F3N2O2.C10H10N2O2/c12-11(13,14)7-5-6(1-2-8(7)15)16-9(17)3-4-10(16)18;11-7-1-3-8(4-2-7)12-9(13)5-6-10(12)14/h1-2,5H,3-4,15H2;1-4H,5-6,11H2. The number of nitrogens with zero attached hydrogens (tertiary/aromatic N) is 2. The molecule has 0 radical (unpaired) electrons. The summed E-state index contributed by atoms with van der Waals surface area (Å²) in [5.41, 5.74) is 10.4. The van der Waals surface area contributed by atoms with Gasteiger partial charge in [0.2, 0.25) is 23.6 Å². The van der Waals surface area contributed by atoms with Gasteiger partial charge >= 0.3 is 6.18 Å². The topological polar surface area (TPSA) is 127 Å². The summed E-state index contributed by atoms with van der Waals surface area (Å²) in [4.78, 5) is 47.5. The van der Waals surface area contributed by atoms with Gasteiger partial charge in [0.1, 0.15) is 0 Å². The number of imide groups is 2. The summed E-state index contributed by atoms with van der Waals surface area (Å²) in [5, 5.41) is 0. The maximum Gasteiger partial charge on any atom is 0.418 e. The molecule has 168 valence electrons. The summed E-state index contributed by atoms with van der Waals surface area (Å²) in [6.45, 7) is 0. The van der Waals surface area contributed by atoms with Crippen molar-refractivity contribution in [3.63, 3.8) is 0 Å². The Kier molecular flexibility index (Phi) is 6.19. The second-order valence-electron chi connectivity index (χ2n) is 7.11. The molecule has 2 aliphatic heterocycles. The van der Waals surface area contributed by atoms with Crippen molar-refractivity contribution in [3.05, 3.63) is 48.0 Å². The Morgan fingerprint density at radius 3 is 1.50 bits per heavy atom. The maximum atomic E-state index is 12.6. The molecule has 0 unspecified atom stereocenters. The average molecular weight is 448 g/mol. The normalized spacial score (nSPS) is 16.5. The van der Waals surface area contributed by atoms with Crippen molar-refractivity contribution >= 4 is 46.4 Å². The molecular weight excluding hydrogens is 429 g/mol. The molecular formula is C21H19F3N4O4. The van der Waals surface area contributed by atoms with Crippen LogP contribution in [0.15, 0.2) is 42.5 Å². The quantitative estimate of drug-likeness (QED) is 0.537. The Labute approximate surface area is 180 Å². The zero-order chi connectivity index (χ0) is 23.6. The van der Waals surface area contributed by atoms with Gasteiger partial charge in [-0.2, -0.15) is 13.2 Å². The van der Waals surface area contributed by atoms with Gasteiger partial charge < -0.3 is 11.5 Å². The molecule has 32 heavy (non-hydrogen) atoms. The summed E-state index contributed by atoms with van der Waals surface area (Å²) in [7, 11) is 0. The summed E-state index contributed by atoms with van der Waals surface area (Å²) in [6.07, 6.45) is -3.96. The van der Waals surface area contributed by atoms with Gasteiger partial charge in [0, 0.05) is 37.1 Å². The first kappa shape index (κ1) is 22.8. The molecule has 0 aromatic heterocycles. The molecule has 2 fully saturated rings. The van der Waals surface area contributed by atoms with Crippen LogP contribution in [0, 0.1) is 0 Å². The highest BCUT2D eigenvalue weighted by Crippen LogP contribution is 2.36. The van der Waals surface area contributed by atoms with Gasteiger partial charge in [-0.25, -0.2) is 0 Å². The molecule has 4 N–H and O–H groups in total. The molecule has 2 aliphatic rings. The highest BCUT2D eigenvalue weighted by molar-refractivity contribution is 6.20. The van der Waals surface area contributed by atoms with Crippen LogP contribution in [0.4, 0.5) is 35.9 Å². The third kappa shape index (κ3) is 4.71. The molecule has 2 saturated heterocycles. The van der Waals surface area contributed by atoms with Crippen LogP contribution in [-0.4, -0.2) is 23.6 Å². The van der Waals surface area contributed by atoms with Crippen molar-refractivity contribution < 1.29 is 32.3 Å². The Hall–Kier alpha value is -3.89. The largest absolute Gasteiger partial charge is 0.418 e. The van der Waals surface area contributed by atoms with E-state index in [1.54, 1.807) is 24.3 Å². The van der Waals surface area contributed by atoms with Gasteiger partial charge in [-0.05, 0) is 42.5 Å². The Morgan fingerprint density at radius 1 is 0.656 bits per heavy atom. The fraction of sp³-hybridized carbons (Fsp3) is 0.238. The number of carbonyl (C=O) groups excluding carboxylic acids is 4. The predicted octanol–water partition coefficient (Wildman–Crippen LogP) is 2.86. The number of hydrogen-bond donors (Lipinski definition) is 2. The maximum absolute atomic E-state index is 12.6. The van der Waals surface area contributed by atoms with Crippen LogP contribution in [-0.2, 0) is 25.4 Å². The van der Waals surface area contributed by atoms with Gasteiger partial charge in [0.05, 0.1) is 16.9 Å². The van der Waals surface area contributed by atoms with E-state index in [-0.39, 0.29) is 30.3 Å². The van der Waals surface area contributed by atoms with Crippen molar-refractivity contribution in [3.8, 4) is 0 Å². The van der Waals surface area contributed by atoms with Gasteiger partial charge in [-0.3, -0.25) is 29.0 Å². The lowest BCUT2D eigenvalue weighted by molar-refractivity contribution is -0.137. The number of anilines is 4. The molecule has 0 aliphatic carbocycles. The van der Waals surface area contributed by atoms with E-state index in [1.165, 1.54) is 11.0 Å². The minimum Gasteiger partial charge on any atom is -0.399 e. The first-order chi connectivity index (χ1) is 15.0. The molecule has 4 rings (SSSR count). The number of amides is 4. The third-order valence-corrected chi connectivity index (χ3v) is 4.85. The number of rotatable bonds is 2. The summed E-state index contributed by atoms with van der Waals surface area (Å²) >= 11 is 0. The number of carbonyl (C=O) groups is 4. The van der Waals surface area contributed by atoms with Crippen LogP contribution in [0.3, 0.4) is 0 Å². The fourth-order valence-corrected chi connectivity index (χ4v) is 3.28. The molecule has 2 aromatic rings. The van der Waals surface area contributed by atoms with Gasteiger partial charge in [0.15, 0.2) is 0 Å². The molecule has 8 nitrogen and oxygen atoms in total. The van der Waals surface area contributed by atoms with Crippen molar-refractivity contribution in [2.24, 2.45) is 0 Å². The van der Waals surface area contributed by atoms with E-state index in [2.05, 4.69) is 0 Å². The molecule has 0 atom stereocenters. The minimum atomic E-state index is -4.62. The van der Waals surface area contributed by atoms with Gasteiger partial charge in [-0.1, -0.05) is 0 Å². The SMILES string of the molecule is Nc1ccc(N2C(=O)CCC2=O)cc1.Nc1ccc(N2C(=O)CCC2=O)cc1C(F)(F)F. The second-order valence-corrected chi connectivity index (χ2v) is 7.11. The van der Waals surface area contributed by atoms with Crippen molar-refractivity contribution in [2.75, 3.05) is 21.3 Å². The summed E-state index contributed by atoms with van der Waals surface area (Å²) in [6, 6.07) is 9.69. The Morgan fingerprint density at radius 2 is 1.06 bits per heavy atom. The van der Waals surface area contributed by atoms with Crippen molar-refractivity contribution in [1.29, 1.82) is 0 Å². The first-order valence-electron chi connectivity index (χ1n) is 9.53. The molecule has 2 heterocycles. The molecule has 11 heteroatoms. The Bertz CT molecular complexity index is 1050. The lowest BCUT2D eigenvalue weighted by Crippen LogP contribution is -2.29. The highest BCUT2D eigenvalue weighted by Gasteiger charge is 2.36. The Balaban J connectivity index is 0.000000186. The fourth-order valence-electron chi connectivity index (χ4n) is 3.28. The van der Waals surface area contributed by atoms with E-state index in [9.17, 15) is 32.3 Å². The molecule has 2 aromatic carbocycles. The first-order valence-corrected chi connectivity index (χ1v) is 9.53. The van der Waals surface area contributed by atoms with Gasteiger partial charge in [0.25, 0.3) is 0 Å². The van der Waals surface area contributed by atoms with E-state index >= 15 is 0 Å². The molecule has 0 spiro atoms. The van der Waals surface area contributed by atoms with Crippen molar-refractivity contribution in [2.45, 2.75) is 31.9 Å². The smallest absolute Gasteiger partial charge is 0.399 e. The zero-order valence-electron chi connectivity index (χ0n) is 16.7. The molecule has 0 bridgehead atoms. The van der Waals surface area contributed by atoms with Crippen LogP contribution < -0.4 is 21.3 Å². The lowest BCUT2D eigenvalue weighted by atomic mass is 10.1. The predicted molar refractivity (Wildman–Crippen MR) is 110 cm³/mol. The average Bonchev–Trinajstić information content (AvgIpc) is 3.24. The number of halogens is 3. The minimum absolute atomic E-state index is 0.0184. The third-order valence-electron chi connectivity index (χ3n) is 4.85. The van der Waals surface area contributed by atoms with E-state index in [0.29, 0.717) is 24.2 Å². The second kappa shape index (κ2) is 8.69. The van der Waals surface area contributed by atoms with Crippen LogP contribution in [0.2, 0.25) is 0 Å². The van der Waals surface area contributed by atoms with E-state index in [4.69, 9.17) is 11.5 Å². The number of nitrogen functional groups attached to an aromatic ring is 2. The van der Waals surface area contributed by atoms with Crippen LogP contribution in [0.5, 0.6) is 0 Å². The van der Waals surface area contributed by atoms with Crippen LogP contribution >= 0.6 is 0 Å². The molecule has 0 saturated carbocycles. The number of alkyl halides is 3. The summed E-state index contributed by atoms with van der Waals surface area (Å²) in [5.74, 6) is -1.28. The van der Waals surface area contributed by atoms with E-state index in [0.717, 1.165) is 17.0 Å². The highest BCUT2D eigenvalue weighted by atomic mass is 19.4. The number of hydrogen-bond acceptors (Lipinski definition) is 6. The number of benzene rings is 2. The number of nitrogens with two attached hydrogens (primary N) is 2.